The van der Waals surface area contributed by atoms with Crippen LogP contribution in [0.25, 0.3) is 0 Å². The molecule has 1 atom stereocenters. The predicted molar refractivity (Wildman–Crippen MR) is 49.2 cm³/mol. The van der Waals surface area contributed by atoms with Crippen LogP contribution >= 0.6 is 0 Å². The fourth-order valence-corrected chi connectivity index (χ4v) is 1.14. The van der Waals surface area contributed by atoms with Gasteiger partial charge in [0.25, 0.3) is 0 Å². The Bertz CT molecular complexity index is 310. The molecule has 0 amide bonds. The summed E-state index contributed by atoms with van der Waals surface area (Å²) in [4.78, 5) is 14.7. The van der Waals surface area contributed by atoms with Crippen molar-refractivity contribution >= 4 is 5.97 Å². The molecule has 1 heterocycles. The maximum Gasteiger partial charge on any atom is 0.303 e. The molecule has 0 spiro atoms. The zero-order chi connectivity index (χ0) is 9.84. The molecule has 1 aromatic rings. The van der Waals surface area contributed by atoms with Gasteiger partial charge in [-0.3, -0.25) is 9.78 Å². The number of hydrogen-bond donors (Lipinski definition) is 0. The topological polar surface area (TPSA) is 39.2 Å². The van der Waals surface area contributed by atoms with Crippen molar-refractivity contribution in [3.63, 3.8) is 0 Å². The molecule has 0 aliphatic carbocycles. The average Bonchev–Trinajstić information content (AvgIpc) is 2.03. The van der Waals surface area contributed by atoms with Crippen molar-refractivity contribution < 1.29 is 9.53 Å². The molecule has 0 bridgehead atoms. The Morgan fingerprint density at radius 2 is 2.31 bits per heavy atom. The van der Waals surface area contributed by atoms with E-state index in [0.29, 0.717) is 0 Å². The lowest BCUT2D eigenvalue weighted by Gasteiger charge is -2.11. The SMILES string of the molecule is CC(=O)OC(C)c1ccnc(C)c1. The lowest BCUT2D eigenvalue weighted by atomic mass is 10.1. The van der Waals surface area contributed by atoms with Gasteiger partial charge < -0.3 is 4.74 Å². The largest absolute Gasteiger partial charge is 0.458 e. The number of nitrogens with zero attached hydrogens (tertiary/aromatic N) is 1. The molecule has 3 nitrogen and oxygen atoms in total. The highest BCUT2D eigenvalue weighted by Gasteiger charge is 2.07. The van der Waals surface area contributed by atoms with Gasteiger partial charge >= 0.3 is 5.97 Å². The Morgan fingerprint density at radius 3 is 2.85 bits per heavy atom. The quantitative estimate of drug-likeness (QED) is 0.652. The Kier molecular flexibility index (Phi) is 3.01. The molecule has 70 valence electrons. The molecule has 0 N–H and O–H groups in total. The van der Waals surface area contributed by atoms with E-state index in [1.54, 1.807) is 6.20 Å². The van der Waals surface area contributed by atoms with E-state index in [0.717, 1.165) is 11.3 Å². The van der Waals surface area contributed by atoms with E-state index in [2.05, 4.69) is 4.98 Å². The van der Waals surface area contributed by atoms with E-state index in [1.807, 2.05) is 26.0 Å². The lowest BCUT2D eigenvalue weighted by molar-refractivity contribution is -0.145. The normalized spacial score (nSPS) is 12.2. The molecule has 13 heavy (non-hydrogen) atoms. The van der Waals surface area contributed by atoms with Gasteiger partial charge in [-0.25, -0.2) is 0 Å². The fourth-order valence-electron chi connectivity index (χ4n) is 1.14. The van der Waals surface area contributed by atoms with Crippen molar-refractivity contribution in [2.24, 2.45) is 0 Å². The van der Waals surface area contributed by atoms with E-state index in [-0.39, 0.29) is 12.1 Å². The van der Waals surface area contributed by atoms with E-state index in [9.17, 15) is 4.79 Å². The highest BCUT2D eigenvalue weighted by atomic mass is 16.5. The second-order valence-corrected chi connectivity index (χ2v) is 2.98. The molecular weight excluding hydrogens is 166 g/mol. The molecule has 3 heteroatoms. The number of aryl methyl sites for hydroxylation is 1. The number of aromatic nitrogens is 1. The van der Waals surface area contributed by atoms with Gasteiger partial charge in [0.1, 0.15) is 6.10 Å². The van der Waals surface area contributed by atoms with E-state index in [4.69, 9.17) is 4.74 Å². The Labute approximate surface area is 77.8 Å². The first-order valence-electron chi connectivity index (χ1n) is 4.19. The number of ether oxygens (including phenoxy) is 1. The molecule has 0 saturated heterocycles. The van der Waals surface area contributed by atoms with Crippen LogP contribution < -0.4 is 0 Å². The summed E-state index contributed by atoms with van der Waals surface area (Å²) >= 11 is 0. The molecule has 1 unspecified atom stereocenters. The average molecular weight is 179 g/mol. The van der Waals surface area contributed by atoms with Gasteiger partial charge in [-0.05, 0) is 31.5 Å². The minimum absolute atomic E-state index is 0.195. The Balaban J connectivity index is 2.76. The third-order valence-electron chi connectivity index (χ3n) is 1.73. The van der Waals surface area contributed by atoms with Crippen LogP contribution in [0.1, 0.15) is 31.2 Å². The van der Waals surface area contributed by atoms with Gasteiger partial charge in [-0.1, -0.05) is 0 Å². The highest BCUT2D eigenvalue weighted by molar-refractivity contribution is 5.66. The minimum Gasteiger partial charge on any atom is -0.458 e. The molecule has 0 aliphatic heterocycles. The predicted octanol–water partition coefficient (Wildman–Crippen LogP) is 2.01. The van der Waals surface area contributed by atoms with E-state index in [1.165, 1.54) is 6.92 Å². The third-order valence-corrected chi connectivity index (χ3v) is 1.73. The van der Waals surface area contributed by atoms with Crippen LogP contribution in [0.2, 0.25) is 0 Å². The fraction of sp³-hybridized carbons (Fsp3) is 0.400. The second kappa shape index (κ2) is 4.03. The lowest BCUT2D eigenvalue weighted by Crippen LogP contribution is -2.05. The summed E-state index contributed by atoms with van der Waals surface area (Å²) in [5.41, 5.74) is 1.90. The van der Waals surface area contributed by atoms with Gasteiger partial charge in [-0.2, -0.15) is 0 Å². The first-order valence-corrected chi connectivity index (χ1v) is 4.19. The van der Waals surface area contributed by atoms with E-state index < -0.39 is 0 Å². The minimum atomic E-state index is -0.262. The number of carbonyl (C=O) groups excluding carboxylic acids is 1. The smallest absolute Gasteiger partial charge is 0.303 e. The number of rotatable bonds is 2. The van der Waals surface area contributed by atoms with Crippen LogP contribution in [-0.2, 0) is 9.53 Å². The maximum absolute atomic E-state index is 10.7. The summed E-state index contributed by atoms with van der Waals surface area (Å²) < 4.78 is 5.02. The van der Waals surface area contributed by atoms with Crippen molar-refractivity contribution in [1.29, 1.82) is 0 Å². The summed E-state index contributed by atoms with van der Waals surface area (Å²) in [6.07, 6.45) is 1.52. The van der Waals surface area contributed by atoms with Crippen molar-refractivity contribution in [3.05, 3.63) is 29.6 Å². The molecule has 0 radical (unpaired) electrons. The molecule has 0 aliphatic rings. The van der Waals surface area contributed by atoms with E-state index >= 15 is 0 Å². The van der Waals surface area contributed by atoms with Crippen LogP contribution in [0.4, 0.5) is 0 Å². The van der Waals surface area contributed by atoms with Crippen LogP contribution in [-0.4, -0.2) is 11.0 Å². The zero-order valence-corrected chi connectivity index (χ0v) is 8.07. The van der Waals surface area contributed by atoms with Crippen molar-refractivity contribution in [1.82, 2.24) is 4.98 Å². The van der Waals surface area contributed by atoms with Gasteiger partial charge in [0, 0.05) is 18.8 Å². The van der Waals surface area contributed by atoms with Gasteiger partial charge in [-0.15, -0.1) is 0 Å². The van der Waals surface area contributed by atoms with Gasteiger partial charge in [0.05, 0.1) is 0 Å². The van der Waals surface area contributed by atoms with Crippen molar-refractivity contribution in [2.75, 3.05) is 0 Å². The first kappa shape index (κ1) is 9.71. The zero-order valence-electron chi connectivity index (χ0n) is 8.07. The molecule has 0 aromatic carbocycles. The molecule has 0 fully saturated rings. The van der Waals surface area contributed by atoms with Crippen LogP contribution in [0.5, 0.6) is 0 Å². The van der Waals surface area contributed by atoms with Crippen LogP contribution in [0.15, 0.2) is 18.3 Å². The van der Waals surface area contributed by atoms with Crippen molar-refractivity contribution in [2.45, 2.75) is 26.9 Å². The van der Waals surface area contributed by atoms with Crippen LogP contribution in [0, 0.1) is 6.92 Å². The second-order valence-electron chi connectivity index (χ2n) is 2.98. The summed E-state index contributed by atoms with van der Waals surface area (Å²) in [5, 5.41) is 0. The highest BCUT2D eigenvalue weighted by Crippen LogP contribution is 2.16. The Hall–Kier alpha value is -1.38. The third kappa shape index (κ3) is 2.86. The monoisotopic (exact) mass is 179 g/mol. The summed E-state index contributed by atoms with van der Waals surface area (Å²) in [6.45, 7) is 5.16. The number of carbonyl (C=O) groups is 1. The summed E-state index contributed by atoms with van der Waals surface area (Å²) in [5.74, 6) is -0.262. The number of esters is 1. The molecule has 0 saturated carbocycles. The number of hydrogen-bond acceptors (Lipinski definition) is 3. The Morgan fingerprint density at radius 1 is 1.62 bits per heavy atom. The first-order chi connectivity index (χ1) is 6.09. The van der Waals surface area contributed by atoms with Crippen molar-refractivity contribution in [3.8, 4) is 0 Å². The maximum atomic E-state index is 10.7. The molecule has 1 rings (SSSR count). The molecule has 1 aromatic heterocycles. The van der Waals surface area contributed by atoms with Crippen LogP contribution in [0.3, 0.4) is 0 Å². The van der Waals surface area contributed by atoms with Gasteiger partial charge in [0.2, 0.25) is 0 Å². The van der Waals surface area contributed by atoms with Gasteiger partial charge in [0.15, 0.2) is 0 Å². The standard InChI is InChI=1S/C10H13NO2/c1-7-6-10(4-5-11-7)8(2)13-9(3)12/h4-6,8H,1-3H3. The summed E-state index contributed by atoms with van der Waals surface area (Å²) in [7, 11) is 0. The number of pyridine rings is 1. The summed E-state index contributed by atoms with van der Waals surface area (Å²) in [6, 6.07) is 3.76. The molecular formula is C10H13NO2.